The molecule has 0 spiro atoms. The standard InChI is InChI=1S/C21H25N3O5S/c1-2-14-30(28,29)22-17-7-5-6-16(15-17)20(26)23-10-12-24(13-11-23)21(27)18-8-3-4-9-19(18)25/h3-9,15,22,25H,2,10-14H2,1H3. The van der Waals surface area contributed by atoms with Crippen molar-refractivity contribution >= 4 is 27.5 Å². The number of benzene rings is 2. The van der Waals surface area contributed by atoms with Crippen LogP contribution < -0.4 is 4.72 Å². The van der Waals surface area contributed by atoms with Gasteiger partial charge in [0.1, 0.15) is 5.75 Å². The highest BCUT2D eigenvalue weighted by Gasteiger charge is 2.26. The molecule has 1 heterocycles. The first kappa shape index (κ1) is 21.6. The van der Waals surface area contributed by atoms with E-state index in [0.717, 1.165) is 0 Å². The number of carbonyl (C=O) groups excluding carboxylic acids is 2. The summed E-state index contributed by atoms with van der Waals surface area (Å²) in [5.41, 5.74) is 0.971. The summed E-state index contributed by atoms with van der Waals surface area (Å²) < 4.78 is 26.4. The first-order valence-corrected chi connectivity index (χ1v) is 11.4. The second kappa shape index (κ2) is 9.17. The molecule has 1 aliphatic heterocycles. The minimum absolute atomic E-state index is 0.0120. The summed E-state index contributed by atoms with van der Waals surface area (Å²) in [6, 6.07) is 12.8. The first-order valence-electron chi connectivity index (χ1n) is 9.78. The van der Waals surface area contributed by atoms with Crippen LogP contribution in [0.15, 0.2) is 48.5 Å². The molecular formula is C21H25N3O5S. The number of anilines is 1. The number of hydrogen-bond acceptors (Lipinski definition) is 5. The van der Waals surface area contributed by atoms with Crippen LogP contribution in [0.25, 0.3) is 0 Å². The molecule has 1 saturated heterocycles. The van der Waals surface area contributed by atoms with Crippen LogP contribution in [0.5, 0.6) is 5.75 Å². The number of amides is 2. The van der Waals surface area contributed by atoms with Gasteiger partial charge in [0.25, 0.3) is 11.8 Å². The molecule has 0 saturated carbocycles. The molecule has 0 unspecified atom stereocenters. The van der Waals surface area contributed by atoms with Crippen molar-refractivity contribution in [2.75, 3.05) is 36.7 Å². The predicted octanol–water partition coefficient (Wildman–Crippen LogP) is 2.14. The third-order valence-electron chi connectivity index (χ3n) is 4.84. The molecule has 0 radical (unpaired) electrons. The molecule has 160 valence electrons. The van der Waals surface area contributed by atoms with Gasteiger partial charge in [0.2, 0.25) is 10.0 Å². The molecule has 2 amide bonds. The van der Waals surface area contributed by atoms with Gasteiger partial charge in [-0.1, -0.05) is 25.1 Å². The number of carbonyl (C=O) groups is 2. The highest BCUT2D eigenvalue weighted by molar-refractivity contribution is 7.92. The lowest BCUT2D eigenvalue weighted by Crippen LogP contribution is -2.50. The Morgan fingerprint density at radius 3 is 2.23 bits per heavy atom. The molecule has 0 aliphatic carbocycles. The maximum absolute atomic E-state index is 12.8. The summed E-state index contributed by atoms with van der Waals surface area (Å²) in [5, 5.41) is 9.88. The summed E-state index contributed by atoms with van der Waals surface area (Å²) in [6.45, 7) is 3.18. The number of hydrogen-bond donors (Lipinski definition) is 2. The Bertz CT molecular complexity index is 1030. The van der Waals surface area contributed by atoms with Gasteiger partial charge in [0.15, 0.2) is 0 Å². The largest absolute Gasteiger partial charge is 0.507 e. The fourth-order valence-electron chi connectivity index (χ4n) is 3.34. The van der Waals surface area contributed by atoms with E-state index >= 15 is 0 Å². The number of phenolic OH excluding ortho intramolecular Hbond substituents is 1. The molecule has 9 heteroatoms. The van der Waals surface area contributed by atoms with Crippen molar-refractivity contribution in [2.45, 2.75) is 13.3 Å². The summed E-state index contributed by atoms with van der Waals surface area (Å²) in [4.78, 5) is 28.7. The number of phenols is 1. The monoisotopic (exact) mass is 431 g/mol. The van der Waals surface area contributed by atoms with Gasteiger partial charge in [-0.05, 0) is 36.8 Å². The van der Waals surface area contributed by atoms with E-state index in [1.54, 1.807) is 53.1 Å². The van der Waals surface area contributed by atoms with Crippen LogP contribution in [0.4, 0.5) is 5.69 Å². The molecule has 8 nitrogen and oxygen atoms in total. The van der Waals surface area contributed by atoms with Gasteiger partial charge in [-0.2, -0.15) is 0 Å². The lowest BCUT2D eigenvalue weighted by molar-refractivity contribution is 0.0533. The molecule has 3 rings (SSSR count). The summed E-state index contributed by atoms with van der Waals surface area (Å²) in [6.07, 6.45) is 0.498. The number of para-hydroxylation sites is 1. The van der Waals surface area contributed by atoms with Crippen molar-refractivity contribution in [1.82, 2.24) is 9.80 Å². The van der Waals surface area contributed by atoms with Crippen LogP contribution in [-0.2, 0) is 10.0 Å². The van der Waals surface area contributed by atoms with E-state index in [-0.39, 0.29) is 28.9 Å². The Labute approximate surface area is 176 Å². The molecule has 1 fully saturated rings. The molecule has 2 aromatic carbocycles. The number of nitrogens with one attached hydrogen (secondary N) is 1. The Morgan fingerprint density at radius 2 is 1.60 bits per heavy atom. The average Bonchev–Trinajstić information content (AvgIpc) is 2.73. The van der Waals surface area contributed by atoms with E-state index in [2.05, 4.69) is 4.72 Å². The topological polar surface area (TPSA) is 107 Å². The number of sulfonamides is 1. The molecule has 0 bridgehead atoms. The Kier molecular flexibility index (Phi) is 6.61. The van der Waals surface area contributed by atoms with E-state index < -0.39 is 10.0 Å². The van der Waals surface area contributed by atoms with Gasteiger partial charge in [-0.15, -0.1) is 0 Å². The van der Waals surface area contributed by atoms with Gasteiger partial charge in [-0.3, -0.25) is 14.3 Å². The van der Waals surface area contributed by atoms with Gasteiger partial charge < -0.3 is 14.9 Å². The molecule has 1 aliphatic rings. The minimum atomic E-state index is -3.44. The fraction of sp³-hybridized carbons (Fsp3) is 0.333. The van der Waals surface area contributed by atoms with Gasteiger partial charge in [0.05, 0.1) is 11.3 Å². The van der Waals surface area contributed by atoms with E-state index in [1.165, 1.54) is 12.1 Å². The van der Waals surface area contributed by atoms with E-state index in [4.69, 9.17) is 0 Å². The van der Waals surface area contributed by atoms with Crippen LogP contribution in [-0.4, -0.2) is 67.1 Å². The number of piperazine rings is 1. The van der Waals surface area contributed by atoms with Crippen LogP contribution in [0, 0.1) is 0 Å². The highest BCUT2D eigenvalue weighted by atomic mass is 32.2. The third-order valence-corrected chi connectivity index (χ3v) is 6.34. The highest BCUT2D eigenvalue weighted by Crippen LogP contribution is 2.20. The molecule has 2 aromatic rings. The maximum Gasteiger partial charge on any atom is 0.257 e. The zero-order chi connectivity index (χ0) is 21.7. The van der Waals surface area contributed by atoms with E-state index in [0.29, 0.717) is 43.9 Å². The second-order valence-electron chi connectivity index (χ2n) is 7.10. The minimum Gasteiger partial charge on any atom is -0.507 e. The van der Waals surface area contributed by atoms with Crippen LogP contribution in [0.1, 0.15) is 34.1 Å². The Morgan fingerprint density at radius 1 is 0.967 bits per heavy atom. The normalized spacial score (nSPS) is 14.4. The zero-order valence-corrected chi connectivity index (χ0v) is 17.6. The molecular weight excluding hydrogens is 406 g/mol. The summed E-state index contributed by atoms with van der Waals surface area (Å²) >= 11 is 0. The molecule has 0 aromatic heterocycles. The van der Waals surface area contributed by atoms with E-state index in [1.807, 2.05) is 0 Å². The lowest BCUT2D eigenvalue weighted by Gasteiger charge is -2.35. The fourth-order valence-corrected chi connectivity index (χ4v) is 4.46. The van der Waals surface area contributed by atoms with E-state index in [9.17, 15) is 23.1 Å². The Balaban J connectivity index is 1.64. The van der Waals surface area contributed by atoms with Crippen molar-refractivity contribution in [2.24, 2.45) is 0 Å². The van der Waals surface area contributed by atoms with Crippen LogP contribution in [0.2, 0.25) is 0 Å². The number of rotatable bonds is 6. The molecule has 0 atom stereocenters. The lowest BCUT2D eigenvalue weighted by atomic mass is 10.1. The van der Waals surface area contributed by atoms with Crippen LogP contribution in [0.3, 0.4) is 0 Å². The molecule has 2 N–H and O–H groups in total. The van der Waals surface area contributed by atoms with Gasteiger partial charge in [0, 0.05) is 37.4 Å². The Hall–Kier alpha value is -3.07. The number of aromatic hydroxyl groups is 1. The predicted molar refractivity (Wildman–Crippen MR) is 114 cm³/mol. The van der Waals surface area contributed by atoms with Crippen molar-refractivity contribution < 1.29 is 23.1 Å². The van der Waals surface area contributed by atoms with Crippen LogP contribution >= 0.6 is 0 Å². The second-order valence-corrected chi connectivity index (χ2v) is 8.95. The molecule has 30 heavy (non-hydrogen) atoms. The van der Waals surface area contributed by atoms with Gasteiger partial charge >= 0.3 is 0 Å². The van der Waals surface area contributed by atoms with Crippen molar-refractivity contribution in [1.29, 1.82) is 0 Å². The summed E-state index contributed by atoms with van der Waals surface area (Å²) in [7, 11) is -3.44. The summed E-state index contributed by atoms with van der Waals surface area (Å²) in [5.74, 6) is -0.546. The maximum atomic E-state index is 12.8. The van der Waals surface area contributed by atoms with Crippen molar-refractivity contribution in [3.8, 4) is 5.75 Å². The van der Waals surface area contributed by atoms with Gasteiger partial charge in [-0.25, -0.2) is 8.42 Å². The van der Waals surface area contributed by atoms with Crippen molar-refractivity contribution in [3.63, 3.8) is 0 Å². The van der Waals surface area contributed by atoms with Crippen molar-refractivity contribution in [3.05, 3.63) is 59.7 Å². The number of nitrogens with zero attached hydrogens (tertiary/aromatic N) is 2. The SMILES string of the molecule is CCCS(=O)(=O)Nc1cccc(C(=O)N2CCN(C(=O)c3ccccc3O)CC2)c1. The quantitative estimate of drug-likeness (QED) is 0.729. The first-order chi connectivity index (χ1) is 14.3. The zero-order valence-electron chi connectivity index (χ0n) is 16.7. The smallest absolute Gasteiger partial charge is 0.257 e. The average molecular weight is 432 g/mol. The third kappa shape index (κ3) is 5.10.